The van der Waals surface area contributed by atoms with Crippen LogP contribution in [-0.4, -0.2) is 62.0 Å². The fourth-order valence-corrected chi connectivity index (χ4v) is 5.14. The van der Waals surface area contributed by atoms with Crippen molar-refractivity contribution in [1.29, 1.82) is 0 Å². The van der Waals surface area contributed by atoms with Gasteiger partial charge in [-0.05, 0) is 0 Å². The lowest BCUT2D eigenvalue weighted by Crippen LogP contribution is -2.59. The second-order valence-electron chi connectivity index (χ2n) is 5.26. The summed E-state index contributed by atoms with van der Waals surface area (Å²) in [5, 5.41) is 1.31. The van der Waals surface area contributed by atoms with E-state index < -0.39 is 21.7 Å². The van der Waals surface area contributed by atoms with Crippen molar-refractivity contribution in [2.45, 2.75) is 12.2 Å². The molecule has 0 N–H and O–H groups in total. The number of halogens is 3. The zero-order valence-electron chi connectivity index (χ0n) is 11.0. The summed E-state index contributed by atoms with van der Waals surface area (Å²) in [5.41, 5.74) is -0.888. The molecule has 0 saturated carbocycles. The van der Waals surface area contributed by atoms with Crippen LogP contribution in [0.5, 0.6) is 0 Å². The SMILES string of the molecule is O=S1(=O)CCN2CCN(c3nc(C(F)(F)F)cs3)C[C@H]2C1. The lowest BCUT2D eigenvalue weighted by molar-refractivity contribution is -0.140. The van der Waals surface area contributed by atoms with Crippen molar-refractivity contribution in [3.63, 3.8) is 0 Å². The van der Waals surface area contributed by atoms with Gasteiger partial charge in [-0.15, -0.1) is 11.3 Å². The number of hydrogen-bond acceptors (Lipinski definition) is 6. The Morgan fingerprint density at radius 3 is 2.71 bits per heavy atom. The lowest BCUT2D eigenvalue weighted by atomic mass is 10.2. The first-order valence-corrected chi connectivity index (χ1v) is 9.17. The van der Waals surface area contributed by atoms with Gasteiger partial charge in [0.1, 0.15) is 0 Å². The first kappa shape index (κ1) is 15.0. The predicted octanol–water partition coefficient (Wildman–Crippen LogP) is 1.08. The van der Waals surface area contributed by atoms with Crippen LogP contribution in [-0.2, 0) is 16.0 Å². The maximum absolute atomic E-state index is 12.6. The van der Waals surface area contributed by atoms with E-state index >= 15 is 0 Å². The number of sulfone groups is 1. The molecule has 21 heavy (non-hydrogen) atoms. The third kappa shape index (κ3) is 3.16. The molecule has 2 aliphatic rings. The van der Waals surface area contributed by atoms with E-state index in [0.29, 0.717) is 31.3 Å². The Labute approximate surface area is 124 Å². The second-order valence-corrected chi connectivity index (χ2v) is 8.33. The van der Waals surface area contributed by atoms with Crippen molar-refractivity contribution in [2.24, 2.45) is 0 Å². The van der Waals surface area contributed by atoms with Gasteiger partial charge in [0.25, 0.3) is 0 Å². The van der Waals surface area contributed by atoms with Gasteiger partial charge in [0, 0.05) is 37.6 Å². The summed E-state index contributed by atoms with van der Waals surface area (Å²) in [6.45, 7) is 2.14. The van der Waals surface area contributed by atoms with Gasteiger partial charge in [0.15, 0.2) is 20.7 Å². The Hall–Kier alpha value is -0.870. The molecule has 5 nitrogen and oxygen atoms in total. The van der Waals surface area contributed by atoms with E-state index in [4.69, 9.17) is 0 Å². The van der Waals surface area contributed by atoms with E-state index in [9.17, 15) is 21.6 Å². The molecule has 0 bridgehead atoms. The molecule has 0 aromatic carbocycles. The van der Waals surface area contributed by atoms with Crippen molar-refractivity contribution in [1.82, 2.24) is 9.88 Å². The highest BCUT2D eigenvalue weighted by molar-refractivity contribution is 7.91. The summed E-state index contributed by atoms with van der Waals surface area (Å²) in [5.74, 6) is 0.236. The van der Waals surface area contributed by atoms with Gasteiger partial charge < -0.3 is 4.90 Å². The molecule has 0 radical (unpaired) electrons. The lowest BCUT2D eigenvalue weighted by Gasteiger charge is -2.43. The van der Waals surface area contributed by atoms with E-state index in [0.717, 1.165) is 16.7 Å². The minimum Gasteiger partial charge on any atom is -0.345 e. The topological polar surface area (TPSA) is 53.5 Å². The highest BCUT2D eigenvalue weighted by Gasteiger charge is 2.38. The highest BCUT2D eigenvalue weighted by atomic mass is 32.2. The quantitative estimate of drug-likeness (QED) is 0.765. The van der Waals surface area contributed by atoms with Crippen LogP contribution in [0.25, 0.3) is 0 Å². The fraction of sp³-hybridized carbons (Fsp3) is 0.727. The van der Waals surface area contributed by atoms with Gasteiger partial charge in [-0.3, -0.25) is 4.90 Å². The Morgan fingerprint density at radius 2 is 2.05 bits per heavy atom. The average Bonchev–Trinajstić information content (AvgIpc) is 2.86. The number of nitrogens with zero attached hydrogens (tertiary/aromatic N) is 3. The first-order valence-electron chi connectivity index (χ1n) is 6.47. The smallest absolute Gasteiger partial charge is 0.345 e. The predicted molar refractivity (Wildman–Crippen MR) is 73.3 cm³/mol. The molecule has 10 heteroatoms. The van der Waals surface area contributed by atoms with Crippen LogP contribution in [0.2, 0.25) is 0 Å². The maximum atomic E-state index is 12.6. The number of piperazine rings is 1. The van der Waals surface area contributed by atoms with E-state index in [1.165, 1.54) is 0 Å². The molecule has 3 rings (SSSR count). The van der Waals surface area contributed by atoms with Crippen molar-refractivity contribution in [3.8, 4) is 0 Å². The number of aromatic nitrogens is 1. The van der Waals surface area contributed by atoms with Crippen molar-refractivity contribution >= 4 is 26.3 Å². The molecule has 0 unspecified atom stereocenters. The van der Waals surface area contributed by atoms with Gasteiger partial charge >= 0.3 is 6.18 Å². The summed E-state index contributed by atoms with van der Waals surface area (Å²) in [6, 6.07) is -0.157. The van der Waals surface area contributed by atoms with E-state index in [1.807, 2.05) is 0 Å². The summed E-state index contributed by atoms with van der Waals surface area (Å²) < 4.78 is 61.1. The van der Waals surface area contributed by atoms with Gasteiger partial charge in [-0.25, -0.2) is 13.4 Å². The molecule has 1 aromatic heterocycles. The van der Waals surface area contributed by atoms with Crippen LogP contribution in [0.15, 0.2) is 5.38 Å². The van der Waals surface area contributed by atoms with Crippen LogP contribution < -0.4 is 4.90 Å². The van der Waals surface area contributed by atoms with Crippen LogP contribution in [0.4, 0.5) is 18.3 Å². The van der Waals surface area contributed by atoms with Crippen molar-refractivity contribution in [3.05, 3.63) is 11.1 Å². The summed E-state index contributed by atoms with van der Waals surface area (Å²) in [7, 11) is -3.04. The molecular formula is C11H14F3N3O2S2. The Morgan fingerprint density at radius 1 is 1.29 bits per heavy atom. The summed E-state index contributed by atoms with van der Waals surface area (Å²) in [6.07, 6.45) is -4.44. The van der Waals surface area contributed by atoms with Gasteiger partial charge in [0.2, 0.25) is 0 Å². The molecule has 0 spiro atoms. The highest BCUT2D eigenvalue weighted by Crippen LogP contribution is 2.33. The monoisotopic (exact) mass is 341 g/mol. The van der Waals surface area contributed by atoms with Crippen molar-refractivity contribution < 1.29 is 21.6 Å². The Balaban J connectivity index is 1.75. The molecule has 1 atom stereocenters. The number of alkyl halides is 3. The molecule has 3 heterocycles. The number of hydrogen-bond donors (Lipinski definition) is 0. The molecule has 2 fully saturated rings. The summed E-state index contributed by atoms with van der Waals surface area (Å²) in [4.78, 5) is 7.48. The molecular weight excluding hydrogens is 327 g/mol. The van der Waals surface area contributed by atoms with Crippen LogP contribution in [0.3, 0.4) is 0 Å². The Bertz CT molecular complexity index is 629. The second kappa shape index (κ2) is 5.10. The van der Waals surface area contributed by atoms with Gasteiger partial charge in [-0.1, -0.05) is 0 Å². The van der Waals surface area contributed by atoms with Gasteiger partial charge in [-0.2, -0.15) is 13.2 Å². The van der Waals surface area contributed by atoms with E-state index in [-0.39, 0.29) is 17.5 Å². The minimum absolute atomic E-state index is 0.0704. The third-order valence-electron chi connectivity index (χ3n) is 3.79. The average molecular weight is 341 g/mol. The molecule has 2 aliphatic heterocycles. The fourth-order valence-electron chi connectivity index (χ4n) is 2.69. The molecule has 2 saturated heterocycles. The third-order valence-corrected chi connectivity index (χ3v) is 6.39. The zero-order chi connectivity index (χ0) is 15.3. The van der Waals surface area contributed by atoms with Crippen LogP contribution >= 0.6 is 11.3 Å². The largest absolute Gasteiger partial charge is 0.434 e. The van der Waals surface area contributed by atoms with Crippen molar-refractivity contribution in [2.75, 3.05) is 42.6 Å². The number of thiazole rings is 1. The Kier molecular flexibility index (Phi) is 3.65. The standard InChI is InChI=1S/C11H14F3N3O2S2/c12-11(13,14)9-6-20-10(15-9)17-2-1-16-3-4-21(18,19)7-8(16)5-17/h6,8H,1-5,7H2/t8-/m0/s1. The molecule has 1 aromatic rings. The zero-order valence-corrected chi connectivity index (χ0v) is 12.6. The minimum atomic E-state index is -4.44. The van der Waals surface area contributed by atoms with E-state index in [2.05, 4.69) is 9.88 Å². The molecule has 118 valence electrons. The maximum Gasteiger partial charge on any atom is 0.434 e. The molecule has 0 amide bonds. The normalized spacial score (nSPS) is 26.6. The number of anilines is 1. The van der Waals surface area contributed by atoms with Crippen LogP contribution in [0.1, 0.15) is 5.69 Å². The van der Waals surface area contributed by atoms with Crippen LogP contribution in [0, 0.1) is 0 Å². The molecule has 0 aliphatic carbocycles. The summed E-state index contributed by atoms with van der Waals surface area (Å²) >= 11 is 0.949. The van der Waals surface area contributed by atoms with E-state index in [1.54, 1.807) is 4.90 Å². The number of rotatable bonds is 1. The number of fused-ring (bicyclic) bond motifs is 1. The van der Waals surface area contributed by atoms with Gasteiger partial charge in [0.05, 0.1) is 11.5 Å². The first-order chi connectivity index (χ1) is 9.74.